The topological polar surface area (TPSA) is 88.8 Å². The number of amides is 1. The van der Waals surface area contributed by atoms with E-state index in [0.717, 1.165) is 17.3 Å². The SMILES string of the molecule is Cc1ccc2oc(C(=O)OCC(=O)Nc3ccc(N(C)C)cc3)cc(=O)c2c1. The van der Waals surface area contributed by atoms with Crippen molar-refractivity contribution in [1.82, 2.24) is 0 Å². The summed E-state index contributed by atoms with van der Waals surface area (Å²) >= 11 is 0. The number of aryl methyl sites for hydroxylation is 1. The smallest absolute Gasteiger partial charge is 0.374 e. The van der Waals surface area contributed by atoms with Crippen LogP contribution in [0.4, 0.5) is 11.4 Å². The van der Waals surface area contributed by atoms with Crippen LogP contribution >= 0.6 is 0 Å². The molecule has 1 heterocycles. The normalized spacial score (nSPS) is 10.5. The van der Waals surface area contributed by atoms with Gasteiger partial charge in [-0.1, -0.05) is 11.6 Å². The number of nitrogens with zero attached hydrogens (tertiary/aromatic N) is 1. The van der Waals surface area contributed by atoms with Gasteiger partial charge in [-0.2, -0.15) is 0 Å². The van der Waals surface area contributed by atoms with Crippen molar-refractivity contribution in [2.45, 2.75) is 6.92 Å². The fraction of sp³-hybridized carbons (Fsp3) is 0.190. The summed E-state index contributed by atoms with van der Waals surface area (Å²) in [6.07, 6.45) is 0. The van der Waals surface area contributed by atoms with Crippen molar-refractivity contribution in [3.05, 3.63) is 70.1 Å². The maximum absolute atomic E-state index is 12.2. The Hall–Kier alpha value is -3.61. The van der Waals surface area contributed by atoms with E-state index in [0.29, 0.717) is 11.1 Å². The number of nitrogens with one attached hydrogen (secondary N) is 1. The first-order valence-electron chi connectivity index (χ1n) is 8.62. The van der Waals surface area contributed by atoms with Gasteiger partial charge in [-0.05, 0) is 43.3 Å². The Morgan fingerprint density at radius 3 is 2.46 bits per heavy atom. The van der Waals surface area contributed by atoms with Gasteiger partial charge in [0.2, 0.25) is 5.76 Å². The summed E-state index contributed by atoms with van der Waals surface area (Å²) in [4.78, 5) is 38.2. The molecule has 144 valence electrons. The van der Waals surface area contributed by atoms with E-state index in [-0.39, 0.29) is 16.8 Å². The van der Waals surface area contributed by atoms with Crippen LogP contribution in [0.5, 0.6) is 0 Å². The largest absolute Gasteiger partial charge is 0.450 e. The Morgan fingerprint density at radius 1 is 1.07 bits per heavy atom. The summed E-state index contributed by atoms with van der Waals surface area (Å²) in [6, 6.07) is 13.4. The Kier molecular flexibility index (Phi) is 5.44. The molecule has 0 saturated heterocycles. The Bertz CT molecular complexity index is 1080. The van der Waals surface area contributed by atoms with Crippen molar-refractivity contribution in [1.29, 1.82) is 0 Å². The standard InChI is InChI=1S/C21H20N2O5/c1-13-4-9-18-16(10-13)17(24)11-19(28-18)21(26)27-12-20(25)22-14-5-7-15(8-6-14)23(2)3/h4-11H,12H2,1-3H3,(H,22,25). The first-order chi connectivity index (χ1) is 13.3. The number of anilines is 2. The van der Waals surface area contributed by atoms with Gasteiger partial charge in [-0.3, -0.25) is 9.59 Å². The van der Waals surface area contributed by atoms with Gasteiger partial charge < -0.3 is 19.4 Å². The summed E-state index contributed by atoms with van der Waals surface area (Å²) in [7, 11) is 3.83. The first-order valence-corrected chi connectivity index (χ1v) is 8.62. The van der Waals surface area contributed by atoms with Gasteiger partial charge >= 0.3 is 5.97 Å². The van der Waals surface area contributed by atoms with Crippen LogP contribution in [0.15, 0.2) is 57.7 Å². The van der Waals surface area contributed by atoms with Gasteiger partial charge in [0.1, 0.15) is 5.58 Å². The minimum atomic E-state index is -0.877. The highest BCUT2D eigenvalue weighted by atomic mass is 16.5. The molecular formula is C21H20N2O5. The summed E-state index contributed by atoms with van der Waals surface area (Å²) < 4.78 is 10.4. The Labute approximate surface area is 161 Å². The average Bonchev–Trinajstić information content (AvgIpc) is 2.67. The van der Waals surface area contributed by atoms with Gasteiger partial charge in [-0.25, -0.2) is 4.79 Å². The predicted octanol–water partition coefficient (Wildman–Crippen LogP) is 2.96. The second-order valence-corrected chi connectivity index (χ2v) is 6.54. The van der Waals surface area contributed by atoms with Gasteiger partial charge in [0.15, 0.2) is 12.0 Å². The molecule has 0 saturated carbocycles. The van der Waals surface area contributed by atoms with Gasteiger partial charge in [-0.15, -0.1) is 0 Å². The molecule has 0 radical (unpaired) electrons. The lowest BCUT2D eigenvalue weighted by molar-refractivity contribution is -0.119. The summed E-state index contributed by atoms with van der Waals surface area (Å²) in [5, 5.41) is 3.02. The van der Waals surface area contributed by atoms with Crippen LogP contribution < -0.4 is 15.6 Å². The van der Waals surface area contributed by atoms with Crippen LogP contribution in [0.25, 0.3) is 11.0 Å². The van der Waals surface area contributed by atoms with Crippen molar-refractivity contribution >= 4 is 34.2 Å². The molecule has 0 spiro atoms. The summed E-state index contributed by atoms with van der Waals surface area (Å²) in [5.74, 6) is -1.62. The molecule has 1 aromatic heterocycles. The monoisotopic (exact) mass is 380 g/mol. The van der Waals surface area contributed by atoms with Crippen LogP contribution in [-0.4, -0.2) is 32.6 Å². The van der Waals surface area contributed by atoms with Crippen LogP contribution in [0.1, 0.15) is 16.1 Å². The van der Waals surface area contributed by atoms with Gasteiger partial charge in [0, 0.05) is 31.5 Å². The summed E-state index contributed by atoms with van der Waals surface area (Å²) in [6.45, 7) is 1.36. The third kappa shape index (κ3) is 4.37. The fourth-order valence-corrected chi connectivity index (χ4v) is 2.61. The minimum Gasteiger partial charge on any atom is -0.450 e. The lowest BCUT2D eigenvalue weighted by Crippen LogP contribution is -2.21. The molecule has 28 heavy (non-hydrogen) atoms. The van der Waals surface area contributed by atoms with Crippen LogP contribution in [-0.2, 0) is 9.53 Å². The third-order valence-corrected chi connectivity index (χ3v) is 4.09. The fourth-order valence-electron chi connectivity index (χ4n) is 2.61. The second-order valence-electron chi connectivity index (χ2n) is 6.54. The average molecular weight is 380 g/mol. The zero-order valence-electron chi connectivity index (χ0n) is 15.8. The number of hydrogen-bond acceptors (Lipinski definition) is 6. The number of hydrogen-bond donors (Lipinski definition) is 1. The first kappa shape index (κ1) is 19.2. The molecular weight excluding hydrogens is 360 g/mol. The highest BCUT2D eigenvalue weighted by Gasteiger charge is 2.15. The van der Waals surface area contributed by atoms with E-state index in [1.807, 2.05) is 38.1 Å². The lowest BCUT2D eigenvalue weighted by atomic mass is 10.1. The van der Waals surface area contributed by atoms with Crippen molar-refractivity contribution in [2.75, 3.05) is 30.9 Å². The van der Waals surface area contributed by atoms with Gasteiger partial charge in [0.25, 0.3) is 5.91 Å². The van der Waals surface area contributed by atoms with Gasteiger partial charge in [0.05, 0.1) is 5.39 Å². The second kappa shape index (κ2) is 7.96. The molecule has 0 unspecified atom stereocenters. The molecule has 2 aromatic carbocycles. The molecule has 0 atom stereocenters. The molecule has 1 amide bonds. The Morgan fingerprint density at radius 2 is 1.79 bits per heavy atom. The van der Waals surface area contributed by atoms with E-state index in [4.69, 9.17) is 9.15 Å². The van der Waals surface area contributed by atoms with Crippen molar-refractivity contribution in [3.63, 3.8) is 0 Å². The number of rotatable bonds is 5. The van der Waals surface area contributed by atoms with Crippen LogP contribution in [0.3, 0.4) is 0 Å². The van der Waals surface area contributed by atoms with Crippen LogP contribution in [0, 0.1) is 6.92 Å². The van der Waals surface area contributed by atoms with Crippen molar-refractivity contribution in [2.24, 2.45) is 0 Å². The number of benzene rings is 2. The summed E-state index contributed by atoms with van der Waals surface area (Å²) in [5.41, 5.74) is 2.42. The molecule has 0 aliphatic rings. The number of esters is 1. The molecule has 3 aromatic rings. The van der Waals surface area contributed by atoms with E-state index in [1.54, 1.807) is 30.3 Å². The number of fused-ring (bicyclic) bond motifs is 1. The zero-order chi connectivity index (χ0) is 20.3. The molecule has 3 rings (SSSR count). The van der Waals surface area contributed by atoms with E-state index in [1.165, 1.54) is 0 Å². The van der Waals surface area contributed by atoms with E-state index in [9.17, 15) is 14.4 Å². The Balaban J connectivity index is 1.63. The molecule has 0 aliphatic carbocycles. The maximum atomic E-state index is 12.2. The van der Waals surface area contributed by atoms with E-state index >= 15 is 0 Å². The lowest BCUT2D eigenvalue weighted by Gasteiger charge is -2.13. The number of carbonyl (C=O) groups excluding carboxylic acids is 2. The molecule has 0 fully saturated rings. The highest BCUT2D eigenvalue weighted by molar-refractivity contribution is 5.95. The quantitative estimate of drug-likeness (QED) is 0.685. The molecule has 7 heteroatoms. The molecule has 0 aliphatic heterocycles. The van der Waals surface area contributed by atoms with Crippen molar-refractivity contribution < 1.29 is 18.7 Å². The van der Waals surface area contributed by atoms with Crippen LogP contribution in [0.2, 0.25) is 0 Å². The minimum absolute atomic E-state index is 0.246. The molecule has 0 bridgehead atoms. The molecule has 1 N–H and O–H groups in total. The number of ether oxygens (including phenoxy) is 1. The number of carbonyl (C=O) groups is 2. The van der Waals surface area contributed by atoms with E-state index in [2.05, 4.69) is 5.32 Å². The zero-order valence-corrected chi connectivity index (χ0v) is 15.8. The molecule has 7 nitrogen and oxygen atoms in total. The van der Waals surface area contributed by atoms with E-state index < -0.39 is 18.5 Å². The maximum Gasteiger partial charge on any atom is 0.374 e. The van der Waals surface area contributed by atoms with Crippen molar-refractivity contribution in [3.8, 4) is 0 Å². The third-order valence-electron chi connectivity index (χ3n) is 4.09. The highest BCUT2D eigenvalue weighted by Crippen LogP contribution is 2.16. The predicted molar refractivity (Wildman–Crippen MR) is 107 cm³/mol.